The maximum absolute atomic E-state index is 12.6. The Kier molecular flexibility index (Phi) is 5.83. The minimum atomic E-state index is -0.590. The van der Waals surface area contributed by atoms with E-state index >= 15 is 0 Å². The van der Waals surface area contributed by atoms with Gasteiger partial charge in [-0.05, 0) is 30.3 Å². The number of hydrogen-bond acceptors (Lipinski definition) is 8. The third kappa shape index (κ3) is 4.59. The molecular formula is C20H18N8O4. The van der Waals surface area contributed by atoms with Crippen molar-refractivity contribution in [3.05, 3.63) is 76.6 Å². The first kappa shape index (κ1) is 20.7. The maximum atomic E-state index is 12.6. The van der Waals surface area contributed by atoms with Crippen LogP contribution in [0.3, 0.4) is 0 Å². The first-order valence-corrected chi connectivity index (χ1v) is 9.62. The number of benzene rings is 2. The number of carbonyl (C=O) groups excluding carboxylic acids is 1. The Labute approximate surface area is 181 Å². The molecule has 4 aromatic rings. The fourth-order valence-corrected chi connectivity index (χ4v) is 2.91. The molecule has 2 aromatic heterocycles. The lowest BCUT2D eigenvalue weighted by Gasteiger charge is -2.07. The summed E-state index contributed by atoms with van der Waals surface area (Å²) in [7, 11) is 0. The van der Waals surface area contributed by atoms with E-state index in [1.54, 1.807) is 19.2 Å². The van der Waals surface area contributed by atoms with Crippen molar-refractivity contribution in [2.75, 3.05) is 11.9 Å². The van der Waals surface area contributed by atoms with Crippen molar-refractivity contribution in [3.63, 3.8) is 0 Å². The van der Waals surface area contributed by atoms with Crippen LogP contribution in [0.1, 0.15) is 17.4 Å². The summed E-state index contributed by atoms with van der Waals surface area (Å²) in [4.78, 5) is 24.7. The quantitative estimate of drug-likeness (QED) is 0.329. The molecule has 0 aliphatic heterocycles. The molecule has 0 bridgehead atoms. The van der Waals surface area contributed by atoms with Crippen LogP contribution in [-0.4, -0.2) is 47.4 Å². The molecule has 162 valence electrons. The number of nitro benzene ring substituents is 1. The monoisotopic (exact) mass is 434 g/mol. The molecule has 0 spiro atoms. The molecule has 0 saturated carbocycles. The van der Waals surface area contributed by atoms with Gasteiger partial charge in [0.15, 0.2) is 12.4 Å². The van der Waals surface area contributed by atoms with E-state index in [9.17, 15) is 14.9 Å². The van der Waals surface area contributed by atoms with E-state index in [4.69, 9.17) is 4.74 Å². The van der Waals surface area contributed by atoms with Crippen molar-refractivity contribution < 1.29 is 14.5 Å². The second-order valence-electron chi connectivity index (χ2n) is 6.56. The minimum Gasteiger partial charge on any atom is -0.494 e. The summed E-state index contributed by atoms with van der Waals surface area (Å²) in [6.45, 7) is 2.28. The smallest absolute Gasteiger partial charge is 0.296 e. The van der Waals surface area contributed by atoms with Gasteiger partial charge >= 0.3 is 0 Å². The fraction of sp³-hybridized carbons (Fsp3) is 0.150. The van der Waals surface area contributed by atoms with Crippen molar-refractivity contribution in [3.8, 4) is 17.1 Å². The number of carbonyl (C=O) groups is 1. The molecule has 12 nitrogen and oxygen atoms in total. The highest BCUT2D eigenvalue weighted by atomic mass is 16.6. The number of amides is 1. The minimum absolute atomic E-state index is 0.0449. The molecular weight excluding hydrogens is 416 g/mol. The lowest BCUT2D eigenvalue weighted by atomic mass is 10.2. The largest absolute Gasteiger partial charge is 0.494 e. The van der Waals surface area contributed by atoms with Gasteiger partial charge in [-0.25, -0.2) is 4.68 Å². The van der Waals surface area contributed by atoms with Crippen molar-refractivity contribution >= 4 is 17.3 Å². The number of ether oxygens (including phenoxy) is 1. The van der Waals surface area contributed by atoms with Crippen LogP contribution in [-0.2, 0) is 6.67 Å². The van der Waals surface area contributed by atoms with Gasteiger partial charge in [0.05, 0.1) is 17.6 Å². The molecule has 0 fully saturated rings. The predicted octanol–water partition coefficient (Wildman–Crippen LogP) is 2.60. The second kappa shape index (κ2) is 9.04. The Bertz CT molecular complexity index is 1250. The summed E-state index contributed by atoms with van der Waals surface area (Å²) in [6.07, 6.45) is 1.58. The van der Waals surface area contributed by atoms with Crippen LogP contribution >= 0.6 is 0 Å². The Morgan fingerprint density at radius 3 is 2.72 bits per heavy atom. The number of nitrogens with one attached hydrogen (secondary N) is 1. The Morgan fingerprint density at radius 1 is 1.16 bits per heavy atom. The molecule has 0 aliphatic rings. The number of tetrazole rings is 1. The maximum Gasteiger partial charge on any atom is 0.296 e. The molecule has 0 atom stereocenters. The number of hydrogen-bond donors (Lipinski definition) is 1. The van der Waals surface area contributed by atoms with Crippen LogP contribution in [0.15, 0.2) is 60.8 Å². The van der Waals surface area contributed by atoms with Crippen molar-refractivity contribution in [1.29, 1.82) is 0 Å². The zero-order valence-electron chi connectivity index (χ0n) is 17.0. The van der Waals surface area contributed by atoms with E-state index in [-0.39, 0.29) is 23.7 Å². The summed E-state index contributed by atoms with van der Waals surface area (Å²) >= 11 is 0. The molecule has 12 heteroatoms. The fourth-order valence-electron chi connectivity index (χ4n) is 2.91. The predicted molar refractivity (Wildman–Crippen MR) is 113 cm³/mol. The number of anilines is 1. The summed E-state index contributed by atoms with van der Waals surface area (Å²) in [5, 5.41) is 30.4. The van der Waals surface area contributed by atoms with Gasteiger partial charge in [0.2, 0.25) is 5.82 Å². The number of aromatic nitrogens is 6. The lowest BCUT2D eigenvalue weighted by molar-refractivity contribution is -0.384. The first-order chi connectivity index (χ1) is 15.5. The number of rotatable bonds is 8. The third-order valence-electron chi connectivity index (χ3n) is 4.35. The van der Waals surface area contributed by atoms with E-state index in [0.717, 1.165) is 5.56 Å². The van der Waals surface area contributed by atoms with Crippen molar-refractivity contribution in [2.24, 2.45) is 0 Å². The van der Waals surface area contributed by atoms with E-state index in [2.05, 4.69) is 25.8 Å². The van der Waals surface area contributed by atoms with Gasteiger partial charge in [0.25, 0.3) is 11.6 Å². The Hall–Kier alpha value is -4.61. The SMILES string of the molecule is CCOc1ccc(NC(=O)c2ccn(Cn3nnc(-c4ccccc4)n3)n2)c([N+](=O)[O-])c1. The lowest BCUT2D eigenvalue weighted by Crippen LogP contribution is -2.16. The number of nitrogens with zero attached hydrogens (tertiary/aromatic N) is 7. The van der Waals surface area contributed by atoms with Gasteiger partial charge in [0.1, 0.15) is 11.4 Å². The van der Waals surface area contributed by atoms with Crippen LogP contribution in [0, 0.1) is 10.1 Å². The molecule has 0 radical (unpaired) electrons. The topological polar surface area (TPSA) is 143 Å². The second-order valence-corrected chi connectivity index (χ2v) is 6.56. The summed E-state index contributed by atoms with van der Waals surface area (Å²) in [6, 6.07) is 15.1. The first-order valence-electron chi connectivity index (χ1n) is 9.62. The van der Waals surface area contributed by atoms with Gasteiger partial charge in [-0.2, -0.15) is 5.10 Å². The molecule has 2 aromatic carbocycles. The highest BCUT2D eigenvalue weighted by molar-refractivity contribution is 6.04. The summed E-state index contributed by atoms with van der Waals surface area (Å²) < 4.78 is 6.74. The molecule has 1 amide bonds. The van der Waals surface area contributed by atoms with Gasteiger partial charge in [-0.15, -0.1) is 15.0 Å². The zero-order valence-corrected chi connectivity index (χ0v) is 17.0. The van der Waals surface area contributed by atoms with Gasteiger partial charge in [-0.1, -0.05) is 30.3 Å². The average Bonchev–Trinajstić information content (AvgIpc) is 3.46. The number of nitro groups is 1. The van der Waals surface area contributed by atoms with Gasteiger partial charge in [-0.3, -0.25) is 14.9 Å². The highest BCUT2D eigenvalue weighted by Crippen LogP contribution is 2.29. The van der Waals surface area contributed by atoms with Crippen LogP contribution in [0.25, 0.3) is 11.4 Å². The molecule has 1 N–H and O–H groups in total. The molecule has 0 unspecified atom stereocenters. The van der Waals surface area contributed by atoms with E-state index in [0.29, 0.717) is 18.2 Å². The van der Waals surface area contributed by atoms with Crippen LogP contribution in [0.5, 0.6) is 5.75 Å². The Morgan fingerprint density at radius 2 is 1.97 bits per heavy atom. The molecule has 32 heavy (non-hydrogen) atoms. The molecule has 0 saturated heterocycles. The van der Waals surface area contributed by atoms with Gasteiger partial charge in [0, 0.05) is 11.8 Å². The van der Waals surface area contributed by atoms with Crippen molar-refractivity contribution in [1.82, 2.24) is 30.0 Å². The summed E-state index contributed by atoms with van der Waals surface area (Å²) in [5.41, 5.74) is 0.681. The van der Waals surface area contributed by atoms with Crippen molar-refractivity contribution in [2.45, 2.75) is 13.6 Å². The van der Waals surface area contributed by atoms with E-state index in [1.807, 2.05) is 30.3 Å². The average molecular weight is 434 g/mol. The Balaban J connectivity index is 1.45. The highest BCUT2D eigenvalue weighted by Gasteiger charge is 2.19. The standard InChI is InChI=1S/C20H18N8O4/c1-2-32-15-8-9-16(18(12-15)28(30)31)21-20(29)17-10-11-26(23-17)13-27-24-19(22-25-27)14-6-4-3-5-7-14/h3-12H,2,13H2,1H3,(H,21,29). The molecule has 2 heterocycles. The van der Waals surface area contributed by atoms with Gasteiger partial charge < -0.3 is 10.1 Å². The normalized spacial score (nSPS) is 10.7. The zero-order chi connectivity index (χ0) is 22.5. The molecule has 0 aliphatic carbocycles. The van der Waals surface area contributed by atoms with E-state index in [1.165, 1.54) is 27.7 Å². The van der Waals surface area contributed by atoms with Crippen LogP contribution in [0.4, 0.5) is 11.4 Å². The van der Waals surface area contributed by atoms with Crippen LogP contribution < -0.4 is 10.1 Å². The van der Waals surface area contributed by atoms with Crippen LogP contribution in [0.2, 0.25) is 0 Å². The van der Waals surface area contributed by atoms with E-state index < -0.39 is 10.8 Å². The molecule has 4 rings (SSSR count). The summed E-state index contributed by atoms with van der Waals surface area (Å²) in [5.74, 6) is 0.225. The third-order valence-corrected chi connectivity index (χ3v) is 4.35.